The van der Waals surface area contributed by atoms with Gasteiger partial charge in [0.1, 0.15) is 5.82 Å². The molecule has 0 fully saturated rings. The molecule has 1 unspecified atom stereocenters. The molecule has 2 aromatic rings. The lowest BCUT2D eigenvalue weighted by atomic mass is 9.99. The Morgan fingerprint density at radius 2 is 2.17 bits per heavy atom. The Balaban J connectivity index is 2.45. The third-order valence-electron chi connectivity index (χ3n) is 2.68. The molecule has 1 N–H and O–H groups in total. The summed E-state index contributed by atoms with van der Waals surface area (Å²) in [7, 11) is 1.79. The molecule has 1 atom stereocenters. The van der Waals surface area contributed by atoms with Crippen molar-refractivity contribution in [2.24, 2.45) is 0 Å². The smallest absolute Gasteiger partial charge is 0.146 e. The molecule has 0 amide bonds. The lowest BCUT2D eigenvalue weighted by Gasteiger charge is -2.18. The van der Waals surface area contributed by atoms with Crippen molar-refractivity contribution in [1.29, 1.82) is 0 Å². The van der Waals surface area contributed by atoms with Gasteiger partial charge < -0.3 is 5.32 Å². The number of pyridine rings is 1. The maximum Gasteiger partial charge on any atom is 0.146 e. The van der Waals surface area contributed by atoms with Crippen molar-refractivity contribution in [3.8, 4) is 0 Å². The zero-order valence-electron chi connectivity index (χ0n) is 9.62. The molecule has 0 saturated heterocycles. The maximum absolute atomic E-state index is 13.8. The van der Waals surface area contributed by atoms with Gasteiger partial charge in [0.05, 0.1) is 17.3 Å². The van der Waals surface area contributed by atoms with Gasteiger partial charge in [-0.3, -0.25) is 4.98 Å². The molecule has 2 rings (SSSR count). The Morgan fingerprint density at radius 3 is 2.78 bits per heavy atom. The number of nitrogens with one attached hydrogen (secondary N) is 1. The third-order valence-corrected chi connectivity index (χ3v) is 4.25. The second-order valence-corrected chi connectivity index (χ2v) is 5.36. The van der Waals surface area contributed by atoms with Gasteiger partial charge in [0.15, 0.2) is 0 Å². The first-order valence-electron chi connectivity index (χ1n) is 5.35. The Kier molecular flexibility index (Phi) is 4.53. The van der Waals surface area contributed by atoms with Crippen LogP contribution in [0.4, 0.5) is 4.39 Å². The normalized spacial score (nSPS) is 12.4. The van der Waals surface area contributed by atoms with Crippen LogP contribution in [0.3, 0.4) is 0 Å². The van der Waals surface area contributed by atoms with E-state index in [-0.39, 0.29) is 11.9 Å². The van der Waals surface area contributed by atoms with Crippen LogP contribution in [0.2, 0.25) is 5.02 Å². The highest BCUT2D eigenvalue weighted by atomic mass is 127. The van der Waals surface area contributed by atoms with Crippen molar-refractivity contribution < 1.29 is 4.39 Å². The van der Waals surface area contributed by atoms with Crippen molar-refractivity contribution in [2.75, 3.05) is 7.05 Å². The molecule has 1 aromatic carbocycles. The Labute approximate surface area is 124 Å². The van der Waals surface area contributed by atoms with Crippen LogP contribution in [0.1, 0.15) is 17.2 Å². The Bertz CT molecular complexity index is 562. The topological polar surface area (TPSA) is 24.9 Å². The number of hydrogen-bond donors (Lipinski definition) is 1. The summed E-state index contributed by atoms with van der Waals surface area (Å²) in [4.78, 5) is 3.76. The first-order chi connectivity index (χ1) is 8.63. The van der Waals surface area contributed by atoms with Crippen molar-refractivity contribution in [3.63, 3.8) is 0 Å². The summed E-state index contributed by atoms with van der Waals surface area (Å²) in [5.41, 5.74) is 1.48. The van der Waals surface area contributed by atoms with Crippen molar-refractivity contribution in [1.82, 2.24) is 10.3 Å². The molecule has 0 saturated carbocycles. The van der Waals surface area contributed by atoms with E-state index in [9.17, 15) is 4.39 Å². The SMILES string of the molecule is CNC(c1ccc(I)c(Cl)c1)c1ccncc1F. The summed E-state index contributed by atoms with van der Waals surface area (Å²) in [6, 6.07) is 7.14. The third kappa shape index (κ3) is 2.81. The zero-order valence-corrected chi connectivity index (χ0v) is 12.5. The van der Waals surface area contributed by atoms with Crippen LogP contribution in [-0.4, -0.2) is 12.0 Å². The van der Waals surface area contributed by atoms with E-state index in [0.717, 1.165) is 9.13 Å². The van der Waals surface area contributed by atoms with Crippen LogP contribution in [-0.2, 0) is 0 Å². The van der Waals surface area contributed by atoms with Gasteiger partial charge in [-0.05, 0) is 53.4 Å². The van der Waals surface area contributed by atoms with E-state index in [2.05, 4.69) is 32.9 Å². The van der Waals surface area contributed by atoms with E-state index in [1.165, 1.54) is 6.20 Å². The molecule has 0 spiro atoms. The first-order valence-corrected chi connectivity index (χ1v) is 6.80. The quantitative estimate of drug-likeness (QED) is 0.825. The molecule has 1 heterocycles. The fraction of sp³-hybridized carbons (Fsp3) is 0.154. The molecule has 2 nitrogen and oxygen atoms in total. The first kappa shape index (κ1) is 13.7. The summed E-state index contributed by atoms with van der Waals surface area (Å²) in [6.07, 6.45) is 2.80. The van der Waals surface area contributed by atoms with E-state index >= 15 is 0 Å². The second-order valence-electron chi connectivity index (χ2n) is 3.79. The van der Waals surface area contributed by atoms with Crippen molar-refractivity contribution in [3.05, 3.63) is 62.2 Å². The maximum atomic E-state index is 13.8. The number of aromatic nitrogens is 1. The monoisotopic (exact) mass is 376 g/mol. The summed E-state index contributed by atoms with van der Waals surface area (Å²) in [5, 5.41) is 3.76. The van der Waals surface area contributed by atoms with Crippen molar-refractivity contribution in [2.45, 2.75) is 6.04 Å². The van der Waals surface area contributed by atoms with E-state index < -0.39 is 0 Å². The van der Waals surface area contributed by atoms with Gasteiger partial charge in [-0.25, -0.2) is 4.39 Å². The summed E-state index contributed by atoms with van der Waals surface area (Å²) >= 11 is 8.26. The average molecular weight is 377 g/mol. The molecule has 18 heavy (non-hydrogen) atoms. The minimum absolute atomic E-state index is 0.234. The van der Waals surface area contributed by atoms with E-state index in [1.807, 2.05) is 18.2 Å². The van der Waals surface area contributed by atoms with E-state index in [4.69, 9.17) is 11.6 Å². The van der Waals surface area contributed by atoms with Gasteiger partial charge in [0.2, 0.25) is 0 Å². The fourth-order valence-corrected chi connectivity index (χ4v) is 2.34. The lowest BCUT2D eigenvalue weighted by molar-refractivity contribution is 0.571. The highest BCUT2D eigenvalue weighted by Gasteiger charge is 2.16. The second kappa shape index (κ2) is 5.95. The number of hydrogen-bond acceptors (Lipinski definition) is 2. The summed E-state index contributed by atoms with van der Waals surface area (Å²) in [6.45, 7) is 0. The minimum atomic E-state index is -0.327. The lowest BCUT2D eigenvalue weighted by Crippen LogP contribution is -2.19. The fourth-order valence-electron chi connectivity index (χ4n) is 1.81. The van der Waals surface area contributed by atoms with Crippen LogP contribution >= 0.6 is 34.2 Å². The van der Waals surface area contributed by atoms with Gasteiger partial charge >= 0.3 is 0 Å². The van der Waals surface area contributed by atoms with E-state index in [1.54, 1.807) is 19.3 Å². The van der Waals surface area contributed by atoms with Gasteiger partial charge in [-0.15, -0.1) is 0 Å². The average Bonchev–Trinajstić information content (AvgIpc) is 2.37. The van der Waals surface area contributed by atoms with Crippen LogP contribution in [0.15, 0.2) is 36.7 Å². The van der Waals surface area contributed by atoms with Gasteiger partial charge in [-0.2, -0.15) is 0 Å². The molecular formula is C13H11ClFIN2. The van der Waals surface area contributed by atoms with Crippen LogP contribution < -0.4 is 5.32 Å². The number of nitrogens with zero attached hydrogens (tertiary/aromatic N) is 1. The molecule has 0 radical (unpaired) electrons. The highest BCUT2D eigenvalue weighted by Crippen LogP contribution is 2.27. The van der Waals surface area contributed by atoms with Gasteiger partial charge in [0, 0.05) is 15.3 Å². The molecule has 0 aliphatic heterocycles. The summed E-state index contributed by atoms with van der Waals surface area (Å²) in [5.74, 6) is -0.327. The predicted octanol–water partition coefficient (Wildman–Crippen LogP) is 3.79. The van der Waals surface area contributed by atoms with Crippen LogP contribution in [0.25, 0.3) is 0 Å². The van der Waals surface area contributed by atoms with Gasteiger partial charge in [-0.1, -0.05) is 17.7 Å². The Morgan fingerprint density at radius 1 is 1.39 bits per heavy atom. The molecule has 1 aromatic heterocycles. The Hall–Kier alpha value is -0.720. The zero-order chi connectivity index (χ0) is 13.1. The van der Waals surface area contributed by atoms with Crippen LogP contribution in [0.5, 0.6) is 0 Å². The molecule has 0 bridgehead atoms. The number of rotatable bonds is 3. The molecule has 0 aliphatic carbocycles. The standard InChI is InChI=1S/C13H11ClFIN2/c1-17-13(9-4-5-18-7-11(9)15)8-2-3-12(16)10(14)6-8/h2-7,13,17H,1H3. The molecule has 0 aliphatic rings. The molecule has 94 valence electrons. The highest BCUT2D eigenvalue weighted by molar-refractivity contribution is 14.1. The number of halogens is 3. The van der Waals surface area contributed by atoms with E-state index in [0.29, 0.717) is 10.6 Å². The molecule has 5 heteroatoms. The van der Waals surface area contributed by atoms with Crippen molar-refractivity contribution >= 4 is 34.2 Å². The summed E-state index contributed by atoms with van der Waals surface area (Å²) < 4.78 is 14.7. The predicted molar refractivity (Wildman–Crippen MR) is 79.3 cm³/mol. The van der Waals surface area contributed by atoms with Crippen LogP contribution in [0, 0.1) is 9.39 Å². The molecular weight excluding hydrogens is 366 g/mol. The minimum Gasteiger partial charge on any atom is -0.309 e. The van der Waals surface area contributed by atoms with Gasteiger partial charge in [0.25, 0.3) is 0 Å². The number of benzene rings is 1. The largest absolute Gasteiger partial charge is 0.309 e.